The molecule has 1 aliphatic carbocycles. The molecule has 0 radical (unpaired) electrons. The van der Waals surface area contributed by atoms with Gasteiger partial charge < -0.3 is 5.32 Å². The molecule has 1 fully saturated rings. The second kappa shape index (κ2) is 9.89. The molecule has 3 rings (SSSR count). The summed E-state index contributed by atoms with van der Waals surface area (Å²) in [7, 11) is 2.13. The van der Waals surface area contributed by atoms with Crippen molar-refractivity contribution in [2.45, 2.75) is 49.6 Å². The van der Waals surface area contributed by atoms with E-state index in [4.69, 9.17) is 0 Å². The Bertz CT molecular complexity index is 881. The predicted molar refractivity (Wildman–Crippen MR) is 118 cm³/mol. The van der Waals surface area contributed by atoms with Crippen LogP contribution in [0, 0.1) is 10.1 Å². The summed E-state index contributed by atoms with van der Waals surface area (Å²) in [5.74, 6) is -0.458. The monoisotopic (exact) mass is 413 g/mol. The minimum absolute atomic E-state index is 0.0808. The lowest BCUT2D eigenvalue weighted by Gasteiger charge is -2.31. The number of rotatable bonds is 7. The van der Waals surface area contributed by atoms with Crippen molar-refractivity contribution in [3.63, 3.8) is 0 Å². The van der Waals surface area contributed by atoms with Crippen molar-refractivity contribution in [3.8, 4) is 0 Å². The Balaban J connectivity index is 1.80. The quantitative estimate of drug-likeness (QED) is 0.377. The topological polar surface area (TPSA) is 75.5 Å². The molecule has 0 bridgehead atoms. The van der Waals surface area contributed by atoms with E-state index in [1.54, 1.807) is 12.1 Å². The van der Waals surface area contributed by atoms with E-state index in [1.807, 2.05) is 30.5 Å². The van der Waals surface area contributed by atoms with Crippen molar-refractivity contribution in [3.05, 3.63) is 63.7 Å². The van der Waals surface area contributed by atoms with Gasteiger partial charge in [0, 0.05) is 29.2 Å². The van der Waals surface area contributed by atoms with Gasteiger partial charge in [-0.1, -0.05) is 37.5 Å². The Hall–Kier alpha value is -2.38. The van der Waals surface area contributed by atoms with Crippen LogP contribution in [0.3, 0.4) is 0 Å². The van der Waals surface area contributed by atoms with Gasteiger partial charge in [0.05, 0.1) is 4.92 Å². The predicted octanol–water partition coefficient (Wildman–Crippen LogP) is 5.33. The summed E-state index contributed by atoms with van der Waals surface area (Å²) >= 11 is 1.45. The Kier molecular flexibility index (Phi) is 7.28. The number of nitrogens with zero attached hydrogens (tertiary/aromatic N) is 2. The van der Waals surface area contributed by atoms with Gasteiger partial charge >= 0.3 is 0 Å². The minimum atomic E-state index is -0.512. The lowest BCUT2D eigenvalue weighted by molar-refractivity contribution is -0.385. The van der Waals surface area contributed by atoms with Gasteiger partial charge in [-0.25, -0.2) is 0 Å². The molecule has 0 saturated heterocycles. The number of carbonyl (C=O) groups excluding carboxylic acids is 1. The van der Waals surface area contributed by atoms with Gasteiger partial charge in [0.2, 0.25) is 0 Å². The molecule has 2 aromatic rings. The number of benzene rings is 2. The summed E-state index contributed by atoms with van der Waals surface area (Å²) in [5, 5.41) is 14.3. The van der Waals surface area contributed by atoms with Gasteiger partial charge in [0.25, 0.3) is 11.6 Å². The number of nitrogens with one attached hydrogen (secondary N) is 1. The normalized spacial score (nSPS) is 14.7. The molecule has 7 heteroatoms. The number of nitro groups is 1. The second-order valence-corrected chi connectivity index (χ2v) is 8.34. The number of anilines is 1. The Morgan fingerprint density at radius 3 is 2.62 bits per heavy atom. The van der Waals surface area contributed by atoms with E-state index in [9.17, 15) is 14.9 Å². The zero-order valence-electron chi connectivity index (χ0n) is 16.9. The van der Waals surface area contributed by atoms with Gasteiger partial charge in [-0.2, -0.15) is 0 Å². The molecular formula is C22H27N3O3S. The molecule has 0 atom stereocenters. The van der Waals surface area contributed by atoms with Gasteiger partial charge in [-0.3, -0.25) is 19.8 Å². The fourth-order valence-electron chi connectivity index (χ4n) is 3.87. The van der Waals surface area contributed by atoms with Gasteiger partial charge in [-0.15, -0.1) is 11.8 Å². The van der Waals surface area contributed by atoms with Crippen molar-refractivity contribution in [2.75, 3.05) is 18.6 Å². The number of hydrogen-bond donors (Lipinski definition) is 1. The molecule has 2 aromatic carbocycles. The number of amides is 1. The van der Waals surface area contributed by atoms with E-state index < -0.39 is 10.8 Å². The third-order valence-corrected chi connectivity index (χ3v) is 6.25. The maximum atomic E-state index is 12.9. The summed E-state index contributed by atoms with van der Waals surface area (Å²) in [6.07, 6.45) is 8.13. The van der Waals surface area contributed by atoms with E-state index in [2.05, 4.69) is 17.3 Å². The summed E-state index contributed by atoms with van der Waals surface area (Å²) in [6.45, 7) is 0.730. The molecule has 29 heavy (non-hydrogen) atoms. The van der Waals surface area contributed by atoms with Crippen molar-refractivity contribution >= 4 is 29.0 Å². The number of thioether (sulfide) groups is 1. The van der Waals surface area contributed by atoms with Crippen LogP contribution in [0.5, 0.6) is 0 Å². The van der Waals surface area contributed by atoms with Crippen LogP contribution in [0.2, 0.25) is 0 Å². The van der Waals surface area contributed by atoms with Crippen LogP contribution < -0.4 is 5.32 Å². The summed E-state index contributed by atoms with van der Waals surface area (Å²) in [6, 6.07) is 12.9. The van der Waals surface area contributed by atoms with E-state index in [0.29, 0.717) is 11.7 Å². The molecule has 0 aromatic heterocycles. The zero-order valence-corrected chi connectivity index (χ0v) is 17.7. The molecule has 0 heterocycles. The Morgan fingerprint density at radius 2 is 1.93 bits per heavy atom. The van der Waals surface area contributed by atoms with Gasteiger partial charge in [0.1, 0.15) is 5.56 Å². The average Bonchev–Trinajstić information content (AvgIpc) is 2.75. The van der Waals surface area contributed by atoms with E-state index >= 15 is 0 Å². The van der Waals surface area contributed by atoms with Crippen LogP contribution in [0.1, 0.15) is 48.0 Å². The van der Waals surface area contributed by atoms with E-state index in [0.717, 1.165) is 17.0 Å². The number of hydrogen-bond acceptors (Lipinski definition) is 5. The van der Waals surface area contributed by atoms with Crippen LogP contribution >= 0.6 is 11.8 Å². The van der Waals surface area contributed by atoms with Crippen LogP contribution in [0.25, 0.3) is 0 Å². The molecule has 1 saturated carbocycles. The highest BCUT2D eigenvalue weighted by molar-refractivity contribution is 7.98. The number of carbonyl (C=O) groups is 1. The molecule has 6 nitrogen and oxygen atoms in total. The lowest BCUT2D eigenvalue weighted by atomic mass is 9.94. The zero-order chi connectivity index (χ0) is 20.8. The number of para-hydroxylation sites is 1. The van der Waals surface area contributed by atoms with E-state index in [-0.39, 0.29) is 11.3 Å². The second-order valence-electron chi connectivity index (χ2n) is 7.46. The highest BCUT2D eigenvalue weighted by Gasteiger charge is 2.23. The average molecular weight is 414 g/mol. The summed E-state index contributed by atoms with van der Waals surface area (Å²) < 4.78 is 0. The largest absolute Gasteiger partial charge is 0.321 e. The molecule has 0 unspecified atom stereocenters. The molecular weight excluding hydrogens is 386 g/mol. The molecule has 1 N–H and O–H groups in total. The summed E-state index contributed by atoms with van der Waals surface area (Å²) in [4.78, 5) is 26.9. The molecule has 0 spiro atoms. The SMILES string of the molecule is CSc1ccc([N+](=O)[O-])c(C(=O)Nc2ccccc2CN(C)C2CCCCC2)c1. The van der Waals surface area contributed by atoms with E-state index in [1.165, 1.54) is 49.9 Å². The Labute approximate surface area is 175 Å². The van der Waals surface area contributed by atoms with Gasteiger partial charge in [0.15, 0.2) is 0 Å². The first-order chi connectivity index (χ1) is 14.0. The van der Waals surface area contributed by atoms with Crippen molar-refractivity contribution in [1.82, 2.24) is 4.90 Å². The highest BCUT2D eigenvalue weighted by Crippen LogP contribution is 2.28. The fourth-order valence-corrected chi connectivity index (χ4v) is 4.31. The van der Waals surface area contributed by atoms with Gasteiger partial charge in [-0.05, 0) is 49.9 Å². The Morgan fingerprint density at radius 1 is 1.21 bits per heavy atom. The third-order valence-electron chi connectivity index (χ3n) is 5.53. The lowest BCUT2D eigenvalue weighted by Crippen LogP contribution is -2.33. The first kappa shape index (κ1) is 21.3. The minimum Gasteiger partial charge on any atom is -0.321 e. The summed E-state index contributed by atoms with van der Waals surface area (Å²) in [5.41, 5.74) is 1.61. The molecule has 0 aliphatic heterocycles. The maximum absolute atomic E-state index is 12.9. The first-order valence-electron chi connectivity index (χ1n) is 9.91. The molecule has 154 valence electrons. The van der Waals surface area contributed by atoms with Crippen LogP contribution in [0.15, 0.2) is 47.4 Å². The molecule has 1 amide bonds. The smallest absolute Gasteiger partial charge is 0.282 e. The van der Waals surface area contributed by atoms with Crippen LogP contribution in [-0.2, 0) is 6.54 Å². The van der Waals surface area contributed by atoms with Crippen molar-refractivity contribution in [2.24, 2.45) is 0 Å². The fraction of sp³-hybridized carbons (Fsp3) is 0.409. The third kappa shape index (κ3) is 5.36. The highest BCUT2D eigenvalue weighted by atomic mass is 32.2. The van der Waals surface area contributed by atoms with Crippen LogP contribution in [0.4, 0.5) is 11.4 Å². The molecule has 1 aliphatic rings. The standard InChI is InChI=1S/C22H27N3O3S/c1-24(17-9-4-3-5-10-17)15-16-8-6-7-11-20(16)23-22(26)19-14-18(29-2)12-13-21(19)25(27)28/h6-8,11-14,17H,3-5,9-10,15H2,1-2H3,(H,23,26). The first-order valence-corrected chi connectivity index (χ1v) is 11.1. The maximum Gasteiger partial charge on any atom is 0.282 e. The van der Waals surface area contributed by atoms with Crippen molar-refractivity contribution < 1.29 is 9.72 Å². The van der Waals surface area contributed by atoms with Crippen LogP contribution in [-0.4, -0.2) is 35.1 Å². The van der Waals surface area contributed by atoms with Crippen molar-refractivity contribution in [1.29, 1.82) is 0 Å². The number of nitro benzene ring substituents is 1.